The second-order valence-electron chi connectivity index (χ2n) is 9.98. The number of pyridine rings is 2. The molecule has 1 saturated heterocycles. The van der Waals surface area contributed by atoms with E-state index in [0.717, 1.165) is 19.0 Å². The molecule has 1 spiro atoms. The summed E-state index contributed by atoms with van der Waals surface area (Å²) in [5.41, 5.74) is 2.06. The highest BCUT2D eigenvalue weighted by Gasteiger charge is 2.56. The van der Waals surface area contributed by atoms with E-state index in [0.29, 0.717) is 35.9 Å². The van der Waals surface area contributed by atoms with Gasteiger partial charge in [0.05, 0.1) is 31.0 Å². The van der Waals surface area contributed by atoms with Crippen molar-refractivity contribution in [1.29, 1.82) is 0 Å². The maximum Gasteiger partial charge on any atom is 0.389 e. The first-order chi connectivity index (χ1) is 18.1. The van der Waals surface area contributed by atoms with Gasteiger partial charge in [-0.2, -0.15) is 13.8 Å². The first-order valence-electron chi connectivity index (χ1n) is 12.3. The third kappa shape index (κ3) is 4.86. The monoisotopic (exact) mass is 530 g/mol. The average molecular weight is 531 g/mol. The van der Waals surface area contributed by atoms with Crippen molar-refractivity contribution >= 4 is 11.7 Å². The van der Waals surface area contributed by atoms with Crippen molar-refractivity contribution in [3.63, 3.8) is 0 Å². The third-order valence-electron chi connectivity index (χ3n) is 7.47. The van der Waals surface area contributed by atoms with Gasteiger partial charge < -0.3 is 24.3 Å². The molecular weight excluding hydrogens is 501 g/mol. The lowest BCUT2D eigenvalue weighted by Crippen LogP contribution is -2.34. The highest BCUT2D eigenvalue weighted by molar-refractivity contribution is 5.84. The molecule has 3 aromatic heterocycles. The molecule has 3 aromatic rings. The molecule has 0 unspecified atom stereocenters. The Morgan fingerprint density at radius 2 is 2.03 bits per heavy atom. The number of rotatable bonds is 8. The molecular formula is C26H29F3N6O3. The molecule has 0 radical (unpaired) electrons. The standard InChI is InChI=1S/C26H29F3N6O3/c1-14(17-9-22(37-4)30-10-18(17)27)23(36)35-12-20(26(13-35)7-8-26)33-21-6-5-16(15(2)31-21)19-11-34(3)25(32-19)38-24(28)29/h5-6,9-11,14,20,24H,7-8,12-13H2,1-4H3,(H,31,33)/t14-,20-/m1/s1. The van der Waals surface area contributed by atoms with Crippen LogP contribution < -0.4 is 14.8 Å². The summed E-state index contributed by atoms with van der Waals surface area (Å²) in [5, 5.41) is 3.49. The van der Waals surface area contributed by atoms with Gasteiger partial charge in [0, 0.05) is 54.6 Å². The lowest BCUT2D eigenvalue weighted by Gasteiger charge is -2.22. The molecule has 202 valence electrons. The fraction of sp³-hybridized carbons (Fsp3) is 0.462. The summed E-state index contributed by atoms with van der Waals surface area (Å²) in [5.74, 6) is -0.464. The van der Waals surface area contributed by atoms with E-state index in [4.69, 9.17) is 4.74 Å². The van der Waals surface area contributed by atoms with Gasteiger partial charge in [-0.3, -0.25) is 4.79 Å². The van der Waals surface area contributed by atoms with Crippen molar-refractivity contribution in [2.45, 2.75) is 45.3 Å². The van der Waals surface area contributed by atoms with Crippen molar-refractivity contribution in [3.05, 3.63) is 47.7 Å². The van der Waals surface area contributed by atoms with Gasteiger partial charge in [-0.05, 0) is 38.8 Å². The van der Waals surface area contributed by atoms with Crippen LogP contribution in [0.1, 0.15) is 36.9 Å². The van der Waals surface area contributed by atoms with E-state index in [1.54, 1.807) is 25.1 Å². The second kappa shape index (κ2) is 9.80. The zero-order valence-electron chi connectivity index (χ0n) is 21.5. The van der Waals surface area contributed by atoms with Crippen LogP contribution in [0, 0.1) is 18.2 Å². The normalized spacial score (nSPS) is 18.6. The SMILES string of the molecule is COc1cc([C@@H](C)C(=O)N2C[C@@H](Nc3ccc(-c4cn(C)c(OC(F)F)n4)c(C)n3)C3(CC3)C2)c(F)cn1. The number of nitrogens with one attached hydrogen (secondary N) is 1. The maximum absolute atomic E-state index is 14.4. The van der Waals surface area contributed by atoms with Crippen molar-refractivity contribution < 1.29 is 27.4 Å². The zero-order valence-corrected chi connectivity index (χ0v) is 21.5. The third-order valence-corrected chi connectivity index (χ3v) is 7.47. The van der Waals surface area contributed by atoms with E-state index in [1.165, 1.54) is 17.7 Å². The van der Waals surface area contributed by atoms with Crippen molar-refractivity contribution in [1.82, 2.24) is 24.4 Å². The second-order valence-corrected chi connectivity index (χ2v) is 9.98. The van der Waals surface area contributed by atoms with Gasteiger partial charge in [-0.1, -0.05) is 0 Å². The largest absolute Gasteiger partial charge is 0.481 e. The summed E-state index contributed by atoms with van der Waals surface area (Å²) in [4.78, 5) is 27.8. The molecule has 2 fully saturated rings. The van der Waals surface area contributed by atoms with E-state index in [1.807, 2.05) is 19.1 Å². The van der Waals surface area contributed by atoms with Crippen LogP contribution in [0.5, 0.6) is 11.9 Å². The minimum absolute atomic E-state index is 0.00545. The van der Waals surface area contributed by atoms with E-state index >= 15 is 0 Å². The minimum Gasteiger partial charge on any atom is -0.481 e. The summed E-state index contributed by atoms with van der Waals surface area (Å²) >= 11 is 0. The van der Waals surface area contributed by atoms with Gasteiger partial charge in [-0.25, -0.2) is 14.4 Å². The van der Waals surface area contributed by atoms with Crippen LogP contribution in [0.2, 0.25) is 0 Å². The fourth-order valence-corrected chi connectivity index (χ4v) is 5.15. The highest BCUT2D eigenvalue weighted by atomic mass is 19.3. The molecule has 0 bridgehead atoms. The lowest BCUT2D eigenvalue weighted by molar-refractivity contribution is -0.131. The molecule has 38 heavy (non-hydrogen) atoms. The van der Waals surface area contributed by atoms with Crippen molar-refractivity contribution in [3.8, 4) is 23.1 Å². The number of nitrogens with zero attached hydrogens (tertiary/aromatic N) is 5. The van der Waals surface area contributed by atoms with E-state index < -0.39 is 18.3 Å². The van der Waals surface area contributed by atoms with Crippen LogP contribution in [0.3, 0.4) is 0 Å². The molecule has 1 aliphatic carbocycles. The Hall–Kier alpha value is -3.83. The number of ether oxygens (including phenoxy) is 2. The number of anilines is 1. The smallest absolute Gasteiger partial charge is 0.389 e. The molecule has 0 aromatic carbocycles. The van der Waals surface area contributed by atoms with Gasteiger partial charge >= 0.3 is 12.6 Å². The molecule has 1 aliphatic heterocycles. The molecule has 12 heteroatoms. The Balaban J connectivity index is 1.29. The van der Waals surface area contributed by atoms with Crippen LogP contribution in [-0.2, 0) is 11.8 Å². The van der Waals surface area contributed by atoms with Crippen molar-refractivity contribution in [2.24, 2.45) is 12.5 Å². The molecule has 9 nitrogen and oxygen atoms in total. The number of aromatic nitrogens is 4. The molecule has 1 saturated carbocycles. The first kappa shape index (κ1) is 25.8. The van der Waals surface area contributed by atoms with Gasteiger partial charge in [0.2, 0.25) is 11.8 Å². The maximum atomic E-state index is 14.4. The Kier molecular flexibility index (Phi) is 6.66. The summed E-state index contributed by atoms with van der Waals surface area (Å²) in [6, 6.07) is 4.93. The Morgan fingerprint density at radius 1 is 1.26 bits per heavy atom. The number of amides is 1. The summed E-state index contributed by atoms with van der Waals surface area (Å²) in [6.07, 6.45) is 4.65. The molecule has 5 rings (SSSR count). The first-order valence-corrected chi connectivity index (χ1v) is 12.3. The average Bonchev–Trinajstić information content (AvgIpc) is 3.46. The molecule has 1 N–H and O–H groups in total. The number of imidazole rings is 1. The Morgan fingerprint density at radius 3 is 2.68 bits per heavy atom. The van der Waals surface area contributed by atoms with Gasteiger partial charge in [0.1, 0.15) is 11.6 Å². The fourth-order valence-electron chi connectivity index (χ4n) is 5.15. The molecule has 4 heterocycles. The number of hydrogen-bond donors (Lipinski definition) is 1. The van der Waals surface area contributed by atoms with Gasteiger partial charge in [-0.15, -0.1) is 0 Å². The van der Waals surface area contributed by atoms with Crippen molar-refractivity contribution in [2.75, 3.05) is 25.5 Å². The summed E-state index contributed by atoms with van der Waals surface area (Å²) < 4.78 is 50.6. The van der Waals surface area contributed by atoms with Crippen LogP contribution in [0.15, 0.2) is 30.6 Å². The number of halogens is 3. The number of methoxy groups -OCH3 is 1. The summed E-state index contributed by atoms with van der Waals surface area (Å²) in [6.45, 7) is 1.62. The van der Waals surface area contributed by atoms with Crippen LogP contribution in [0.4, 0.5) is 19.0 Å². The number of alkyl halides is 2. The zero-order chi connectivity index (χ0) is 27.2. The Labute approximate surface area is 218 Å². The molecule has 2 atom stereocenters. The van der Waals surface area contributed by atoms with E-state index in [-0.39, 0.29) is 34.8 Å². The minimum atomic E-state index is -2.96. The molecule has 1 amide bonds. The quantitative estimate of drug-likeness (QED) is 0.468. The highest BCUT2D eigenvalue weighted by Crippen LogP contribution is 2.54. The predicted molar refractivity (Wildman–Crippen MR) is 133 cm³/mol. The van der Waals surface area contributed by atoms with E-state index in [2.05, 4.69) is 25.0 Å². The van der Waals surface area contributed by atoms with Crippen LogP contribution in [0.25, 0.3) is 11.3 Å². The number of aryl methyl sites for hydroxylation is 2. The topological polar surface area (TPSA) is 94.4 Å². The molecule has 2 aliphatic rings. The number of carbonyl (C=O) groups excluding carboxylic acids is 1. The Bertz CT molecular complexity index is 1360. The van der Waals surface area contributed by atoms with Crippen LogP contribution >= 0.6 is 0 Å². The van der Waals surface area contributed by atoms with E-state index in [9.17, 15) is 18.0 Å². The lowest BCUT2D eigenvalue weighted by atomic mass is 10.00. The predicted octanol–water partition coefficient (Wildman–Crippen LogP) is 4.14. The van der Waals surface area contributed by atoms with Gasteiger partial charge in [0.15, 0.2) is 0 Å². The van der Waals surface area contributed by atoms with Crippen LogP contribution in [-0.4, -0.2) is 63.2 Å². The van der Waals surface area contributed by atoms with Gasteiger partial charge in [0.25, 0.3) is 0 Å². The summed E-state index contributed by atoms with van der Waals surface area (Å²) in [7, 11) is 3.03. The number of likely N-dealkylation sites (tertiary alicyclic amines) is 1. The number of carbonyl (C=O) groups is 1. The number of hydrogen-bond acceptors (Lipinski definition) is 7.